The van der Waals surface area contributed by atoms with E-state index in [1.54, 1.807) is 4.57 Å². The van der Waals surface area contributed by atoms with Crippen LogP contribution < -0.4 is 10.9 Å². The first-order chi connectivity index (χ1) is 15.0. The van der Waals surface area contributed by atoms with E-state index in [2.05, 4.69) is 29.4 Å². The van der Waals surface area contributed by atoms with Gasteiger partial charge in [0.1, 0.15) is 0 Å². The van der Waals surface area contributed by atoms with Crippen molar-refractivity contribution < 1.29 is 4.79 Å². The molecule has 0 bridgehead atoms. The summed E-state index contributed by atoms with van der Waals surface area (Å²) < 4.78 is 3.63. The predicted molar refractivity (Wildman–Crippen MR) is 125 cm³/mol. The maximum Gasteiger partial charge on any atom is 0.262 e. The minimum absolute atomic E-state index is 0.0316. The molecule has 1 saturated carbocycles. The van der Waals surface area contributed by atoms with E-state index in [4.69, 9.17) is 0 Å². The van der Waals surface area contributed by atoms with Gasteiger partial charge in [0.15, 0.2) is 5.16 Å². The molecule has 1 aliphatic rings. The summed E-state index contributed by atoms with van der Waals surface area (Å²) in [5.74, 6) is 1.08. The fourth-order valence-electron chi connectivity index (χ4n) is 4.37. The van der Waals surface area contributed by atoms with Crippen LogP contribution in [0.25, 0.3) is 16.7 Å². The van der Waals surface area contributed by atoms with Crippen LogP contribution in [-0.2, 0) is 11.3 Å². The molecule has 1 fully saturated rings. The first-order valence-corrected chi connectivity index (χ1v) is 12.2. The Balaban J connectivity index is 1.66. The number of rotatable bonds is 7. The van der Waals surface area contributed by atoms with Gasteiger partial charge in [-0.3, -0.25) is 18.6 Å². The molecule has 0 radical (unpaired) electrons. The molecule has 0 aliphatic heterocycles. The summed E-state index contributed by atoms with van der Waals surface area (Å²) in [7, 11) is 0. The normalized spacial score (nSPS) is 20.2. The van der Waals surface area contributed by atoms with Crippen molar-refractivity contribution in [2.75, 3.05) is 0 Å². The monoisotopic (exact) mass is 441 g/mol. The number of carbonyl (C=O) groups excluding carboxylic acids is 1. The second-order valence-corrected chi connectivity index (χ2v) is 9.89. The standard InChI is InChI=1S/C23H31N5O2S/c1-4-5-14-27-21(30)17-11-7-9-13-19(17)28-22(27)25-26-23(28)31-16(3)20(29)24-18-12-8-6-10-15(18)2/h7,9,11,13,15-16,18H,4-6,8,10,12,14H2,1-3H3,(H,24,29). The molecular formula is C23H31N5O2S. The summed E-state index contributed by atoms with van der Waals surface area (Å²) in [5.41, 5.74) is 0.730. The number of thioether (sulfide) groups is 1. The molecule has 4 rings (SSSR count). The van der Waals surface area contributed by atoms with Gasteiger partial charge in [0.25, 0.3) is 5.56 Å². The molecule has 8 heteroatoms. The second-order valence-electron chi connectivity index (χ2n) is 8.58. The third kappa shape index (κ3) is 4.35. The number of fused-ring (bicyclic) bond motifs is 3. The minimum Gasteiger partial charge on any atom is -0.352 e. The van der Waals surface area contributed by atoms with Gasteiger partial charge in [0.05, 0.1) is 16.2 Å². The lowest BCUT2D eigenvalue weighted by atomic mass is 9.86. The number of aromatic nitrogens is 4. The first-order valence-electron chi connectivity index (χ1n) is 11.3. The lowest BCUT2D eigenvalue weighted by molar-refractivity contribution is -0.121. The molecule has 0 saturated heterocycles. The van der Waals surface area contributed by atoms with E-state index in [9.17, 15) is 9.59 Å². The zero-order valence-corrected chi connectivity index (χ0v) is 19.3. The molecule has 3 unspecified atom stereocenters. The number of amides is 1. The van der Waals surface area contributed by atoms with Crippen molar-refractivity contribution in [3.8, 4) is 0 Å². The maximum atomic E-state index is 13.1. The molecule has 31 heavy (non-hydrogen) atoms. The Morgan fingerprint density at radius 2 is 2.03 bits per heavy atom. The molecule has 166 valence electrons. The average molecular weight is 442 g/mol. The Morgan fingerprint density at radius 3 is 2.81 bits per heavy atom. The van der Waals surface area contributed by atoms with Gasteiger partial charge >= 0.3 is 0 Å². The van der Waals surface area contributed by atoms with Gasteiger partial charge in [-0.2, -0.15) is 0 Å². The van der Waals surface area contributed by atoms with E-state index < -0.39 is 0 Å². The number of hydrogen-bond donors (Lipinski definition) is 1. The maximum absolute atomic E-state index is 13.1. The van der Waals surface area contributed by atoms with Crippen LogP contribution in [0, 0.1) is 5.92 Å². The zero-order valence-electron chi connectivity index (χ0n) is 18.5. The van der Waals surface area contributed by atoms with Crippen LogP contribution in [0.1, 0.15) is 59.3 Å². The topological polar surface area (TPSA) is 81.3 Å². The Kier molecular flexibility index (Phi) is 6.65. The molecule has 2 aromatic heterocycles. The van der Waals surface area contributed by atoms with Crippen LogP contribution in [0.5, 0.6) is 0 Å². The molecule has 0 spiro atoms. The molecule has 2 heterocycles. The number of benzene rings is 1. The molecule has 1 aromatic carbocycles. The van der Waals surface area contributed by atoms with E-state index in [0.29, 0.717) is 28.8 Å². The minimum atomic E-state index is -0.309. The Hall–Kier alpha value is -2.35. The summed E-state index contributed by atoms with van der Waals surface area (Å²) in [5, 5.41) is 12.9. The van der Waals surface area contributed by atoms with Crippen molar-refractivity contribution in [1.82, 2.24) is 24.5 Å². The lowest BCUT2D eigenvalue weighted by Crippen LogP contribution is -2.44. The van der Waals surface area contributed by atoms with Crippen LogP contribution in [0.15, 0.2) is 34.2 Å². The second kappa shape index (κ2) is 9.42. The molecule has 1 aliphatic carbocycles. The molecule has 1 amide bonds. The molecule has 3 atom stereocenters. The fraction of sp³-hybridized carbons (Fsp3) is 0.565. The quantitative estimate of drug-likeness (QED) is 0.560. The van der Waals surface area contributed by atoms with Gasteiger partial charge in [-0.1, -0.05) is 57.0 Å². The summed E-state index contributed by atoms with van der Waals surface area (Å²) >= 11 is 1.39. The fourth-order valence-corrected chi connectivity index (χ4v) is 5.23. The average Bonchev–Trinajstić information content (AvgIpc) is 3.18. The molecule has 7 nitrogen and oxygen atoms in total. The van der Waals surface area contributed by atoms with Crippen molar-refractivity contribution in [3.63, 3.8) is 0 Å². The number of aryl methyl sites for hydroxylation is 1. The summed E-state index contributed by atoms with van der Waals surface area (Å²) in [4.78, 5) is 26.0. The lowest BCUT2D eigenvalue weighted by Gasteiger charge is -2.30. The Morgan fingerprint density at radius 1 is 1.26 bits per heavy atom. The third-order valence-electron chi connectivity index (χ3n) is 6.30. The van der Waals surface area contributed by atoms with Crippen LogP contribution in [0.4, 0.5) is 0 Å². The highest BCUT2D eigenvalue weighted by Crippen LogP contribution is 2.27. The Labute approximate surface area is 186 Å². The molecule has 3 aromatic rings. The van der Waals surface area contributed by atoms with Gasteiger partial charge in [-0.15, -0.1) is 10.2 Å². The number of nitrogens with one attached hydrogen (secondary N) is 1. The van der Waals surface area contributed by atoms with Crippen LogP contribution in [-0.4, -0.2) is 36.4 Å². The van der Waals surface area contributed by atoms with E-state index in [0.717, 1.165) is 24.8 Å². The third-order valence-corrected chi connectivity index (χ3v) is 7.35. The van der Waals surface area contributed by atoms with Crippen molar-refractivity contribution in [2.24, 2.45) is 5.92 Å². The highest BCUT2D eigenvalue weighted by Gasteiger charge is 2.26. The van der Waals surface area contributed by atoms with E-state index in [-0.39, 0.29) is 22.8 Å². The predicted octanol–water partition coefficient (Wildman–Crippen LogP) is 4.02. The van der Waals surface area contributed by atoms with Crippen molar-refractivity contribution in [1.29, 1.82) is 0 Å². The van der Waals surface area contributed by atoms with Gasteiger partial charge < -0.3 is 5.32 Å². The van der Waals surface area contributed by atoms with Crippen molar-refractivity contribution >= 4 is 34.3 Å². The number of carbonyl (C=O) groups is 1. The summed E-state index contributed by atoms with van der Waals surface area (Å²) in [6.07, 6.45) is 6.51. The number of nitrogens with zero attached hydrogens (tertiary/aromatic N) is 4. The number of unbranched alkanes of at least 4 members (excludes halogenated alkanes) is 1. The highest BCUT2D eigenvalue weighted by molar-refractivity contribution is 8.00. The summed E-state index contributed by atoms with van der Waals surface area (Å²) in [6.45, 7) is 6.82. The summed E-state index contributed by atoms with van der Waals surface area (Å²) in [6, 6.07) is 7.79. The highest BCUT2D eigenvalue weighted by atomic mass is 32.2. The van der Waals surface area contributed by atoms with Crippen molar-refractivity contribution in [3.05, 3.63) is 34.6 Å². The van der Waals surface area contributed by atoms with Crippen molar-refractivity contribution in [2.45, 2.75) is 82.3 Å². The largest absolute Gasteiger partial charge is 0.352 e. The number of para-hydroxylation sites is 1. The smallest absolute Gasteiger partial charge is 0.262 e. The van der Waals surface area contributed by atoms with Gasteiger partial charge in [0, 0.05) is 12.6 Å². The van der Waals surface area contributed by atoms with Crippen LogP contribution in [0.3, 0.4) is 0 Å². The Bertz CT molecular complexity index is 1140. The van der Waals surface area contributed by atoms with Crippen LogP contribution in [0.2, 0.25) is 0 Å². The zero-order chi connectivity index (χ0) is 22.0. The van der Waals surface area contributed by atoms with Gasteiger partial charge in [-0.25, -0.2) is 0 Å². The SMILES string of the molecule is CCCCn1c(=O)c2ccccc2n2c(SC(C)C(=O)NC3CCCCC3C)nnc12. The first kappa shape index (κ1) is 21.9. The van der Waals surface area contributed by atoms with E-state index in [1.807, 2.05) is 35.6 Å². The van der Waals surface area contributed by atoms with Gasteiger partial charge in [-0.05, 0) is 44.2 Å². The van der Waals surface area contributed by atoms with E-state index >= 15 is 0 Å². The van der Waals surface area contributed by atoms with Gasteiger partial charge in [0.2, 0.25) is 11.7 Å². The number of hydrogen-bond acceptors (Lipinski definition) is 5. The van der Waals surface area contributed by atoms with E-state index in [1.165, 1.54) is 31.0 Å². The molecular weight excluding hydrogens is 410 g/mol. The molecule has 1 N–H and O–H groups in total. The van der Waals surface area contributed by atoms with Crippen LogP contribution >= 0.6 is 11.8 Å².